The third kappa shape index (κ3) is 5.36. The molecular formula is C28H21F3O4. The standard InChI is InChI=1S/C28H21F3O4/c1-2-34-16-17-3-12-24(25(29)15-17)28(33)35-21-10-6-19(7-11-21)23-14-13-22(26(30)27(23)31)18-4-8-20(32)9-5-18/h3-15,32H,2,16H2,1H3. The zero-order chi connectivity index (χ0) is 24.9. The van der Waals surface area contributed by atoms with E-state index in [-0.39, 0.29) is 34.8 Å². The molecule has 35 heavy (non-hydrogen) atoms. The maximum atomic E-state index is 14.8. The van der Waals surface area contributed by atoms with Crippen LogP contribution in [0, 0.1) is 17.5 Å². The van der Waals surface area contributed by atoms with Gasteiger partial charge in [-0.25, -0.2) is 18.0 Å². The summed E-state index contributed by atoms with van der Waals surface area (Å²) in [5.74, 6) is -3.52. The van der Waals surface area contributed by atoms with E-state index in [1.54, 1.807) is 6.07 Å². The normalized spacial score (nSPS) is 10.9. The van der Waals surface area contributed by atoms with E-state index >= 15 is 0 Å². The second-order valence-corrected chi connectivity index (χ2v) is 7.70. The number of hydrogen-bond donors (Lipinski definition) is 1. The van der Waals surface area contributed by atoms with Crippen molar-refractivity contribution in [1.29, 1.82) is 0 Å². The Kier molecular flexibility index (Phi) is 7.17. The molecule has 178 valence electrons. The summed E-state index contributed by atoms with van der Waals surface area (Å²) in [4.78, 5) is 12.4. The van der Waals surface area contributed by atoms with Gasteiger partial charge in [0.05, 0.1) is 12.2 Å². The molecule has 0 fully saturated rings. The largest absolute Gasteiger partial charge is 0.508 e. The van der Waals surface area contributed by atoms with Gasteiger partial charge in [0.2, 0.25) is 0 Å². The summed E-state index contributed by atoms with van der Waals surface area (Å²) >= 11 is 0. The summed E-state index contributed by atoms with van der Waals surface area (Å²) in [5.41, 5.74) is 1.24. The number of benzene rings is 4. The topological polar surface area (TPSA) is 55.8 Å². The Balaban J connectivity index is 1.51. The minimum Gasteiger partial charge on any atom is -0.508 e. The molecule has 0 radical (unpaired) electrons. The highest BCUT2D eigenvalue weighted by atomic mass is 19.2. The first kappa shape index (κ1) is 24.0. The third-order valence-electron chi connectivity index (χ3n) is 5.36. The number of phenolic OH excluding ortho intramolecular Hbond substituents is 1. The Morgan fingerprint density at radius 1 is 0.800 bits per heavy atom. The minimum atomic E-state index is -1.03. The van der Waals surface area contributed by atoms with E-state index in [9.17, 15) is 23.1 Å². The van der Waals surface area contributed by atoms with Gasteiger partial charge in [0.15, 0.2) is 11.6 Å². The van der Waals surface area contributed by atoms with Crippen LogP contribution in [0.2, 0.25) is 0 Å². The monoisotopic (exact) mass is 478 g/mol. The van der Waals surface area contributed by atoms with Crippen LogP contribution in [-0.2, 0) is 11.3 Å². The molecule has 0 saturated carbocycles. The van der Waals surface area contributed by atoms with Gasteiger partial charge in [-0.1, -0.05) is 42.5 Å². The van der Waals surface area contributed by atoms with Gasteiger partial charge in [-0.3, -0.25) is 0 Å². The quantitative estimate of drug-likeness (QED) is 0.232. The van der Waals surface area contributed by atoms with Crippen LogP contribution < -0.4 is 4.74 Å². The van der Waals surface area contributed by atoms with Crippen LogP contribution in [0.15, 0.2) is 78.9 Å². The van der Waals surface area contributed by atoms with Gasteiger partial charge >= 0.3 is 5.97 Å². The molecule has 0 saturated heterocycles. The molecule has 4 aromatic rings. The number of rotatable bonds is 7. The van der Waals surface area contributed by atoms with Crippen molar-refractivity contribution in [2.24, 2.45) is 0 Å². The molecule has 0 heterocycles. The molecule has 0 aromatic heterocycles. The average molecular weight is 478 g/mol. The molecule has 0 aliphatic rings. The lowest BCUT2D eigenvalue weighted by atomic mass is 9.98. The molecule has 0 unspecified atom stereocenters. The summed E-state index contributed by atoms with van der Waals surface area (Å²) in [6.07, 6.45) is 0. The summed E-state index contributed by atoms with van der Waals surface area (Å²) < 4.78 is 54.4. The highest BCUT2D eigenvalue weighted by molar-refractivity contribution is 5.91. The van der Waals surface area contributed by atoms with Crippen molar-refractivity contribution in [3.8, 4) is 33.8 Å². The van der Waals surface area contributed by atoms with Gasteiger partial charge in [0, 0.05) is 17.7 Å². The Morgan fingerprint density at radius 2 is 1.37 bits per heavy atom. The fourth-order valence-corrected chi connectivity index (χ4v) is 3.53. The van der Waals surface area contributed by atoms with Crippen LogP contribution in [0.3, 0.4) is 0 Å². The molecule has 0 aliphatic carbocycles. The second kappa shape index (κ2) is 10.4. The Bertz CT molecular complexity index is 1350. The van der Waals surface area contributed by atoms with Crippen molar-refractivity contribution < 1.29 is 32.5 Å². The van der Waals surface area contributed by atoms with Crippen LogP contribution in [0.25, 0.3) is 22.3 Å². The minimum absolute atomic E-state index is 0.0216. The number of carbonyl (C=O) groups is 1. The third-order valence-corrected chi connectivity index (χ3v) is 5.36. The second-order valence-electron chi connectivity index (χ2n) is 7.70. The molecule has 4 nitrogen and oxygen atoms in total. The number of hydrogen-bond acceptors (Lipinski definition) is 4. The van der Waals surface area contributed by atoms with E-state index in [0.717, 1.165) is 0 Å². The lowest BCUT2D eigenvalue weighted by Crippen LogP contribution is -2.11. The van der Waals surface area contributed by atoms with Gasteiger partial charge in [0.25, 0.3) is 0 Å². The van der Waals surface area contributed by atoms with Gasteiger partial charge in [0.1, 0.15) is 17.3 Å². The predicted molar refractivity (Wildman–Crippen MR) is 126 cm³/mol. The summed E-state index contributed by atoms with van der Waals surface area (Å²) in [5, 5.41) is 9.39. The molecule has 1 N–H and O–H groups in total. The van der Waals surface area contributed by atoms with Gasteiger partial charge < -0.3 is 14.6 Å². The number of carbonyl (C=O) groups excluding carboxylic acids is 1. The molecule has 7 heteroatoms. The number of aromatic hydroxyl groups is 1. The van der Waals surface area contributed by atoms with Crippen LogP contribution in [-0.4, -0.2) is 17.7 Å². The van der Waals surface area contributed by atoms with E-state index in [0.29, 0.717) is 23.3 Å². The number of ether oxygens (including phenoxy) is 2. The van der Waals surface area contributed by atoms with Crippen LogP contribution >= 0.6 is 0 Å². The van der Waals surface area contributed by atoms with E-state index in [1.165, 1.54) is 72.8 Å². The summed E-state index contributed by atoms with van der Waals surface area (Å²) in [7, 11) is 0. The molecule has 0 spiro atoms. The van der Waals surface area contributed by atoms with Crippen molar-refractivity contribution in [3.05, 3.63) is 107 Å². The SMILES string of the molecule is CCOCc1ccc(C(=O)Oc2ccc(-c3ccc(-c4ccc(O)cc4)c(F)c3F)cc2)c(F)c1. The molecule has 0 amide bonds. The highest BCUT2D eigenvalue weighted by Gasteiger charge is 2.18. The molecule has 4 aromatic carbocycles. The molecule has 0 atom stereocenters. The van der Waals surface area contributed by atoms with Crippen molar-refractivity contribution in [1.82, 2.24) is 0 Å². The predicted octanol–water partition coefficient (Wildman–Crippen LogP) is 6.90. The van der Waals surface area contributed by atoms with E-state index in [4.69, 9.17) is 9.47 Å². The molecule has 0 aliphatic heterocycles. The Hall–Kier alpha value is -4.10. The van der Waals surface area contributed by atoms with E-state index < -0.39 is 23.4 Å². The maximum absolute atomic E-state index is 14.8. The first-order chi connectivity index (χ1) is 16.9. The van der Waals surface area contributed by atoms with Gasteiger partial charge in [-0.2, -0.15) is 0 Å². The van der Waals surface area contributed by atoms with Crippen molar-refractivity contribution >= 4 is 5.97 Å². The fourth-order valence-electron chi connectivity index (χ4n) is 3.53. The smallest absolute Gasteiger partial charge is 0.346 e. The number of halogens is 3. The first-order valence-corrected chi connectivity index (χ1v) is 10.8. The van der Waals surface area contributed by atoms with E-state index in [2.05, 4.69) is 0 Å². The first-order valence-electron chi connectivity index (χ1n) is 10.8. The van der Waals surface area contributed by atoms with E-state index in [1.807, 2.05) is 6.92 Å². The Morgan fingerprint density at radius 3 is 1.91 bits per heavy atom. The zero-order valence-corrected chi connectivity index (χ0v) is 18.7. The van der Waals surface area contributed by atoms with Gasteiger partial charge in [-0.15, -0.1) is 0 Å². The maximum Gasteiger partial charge on any atom is 0.346 e. The lowest BCUT2D eigenvalue weighted by Gasteiger charge is -2.11. The fraction of sp³-hybridized carbons (Fsp3) is 0.107. The van der Waals surface area contributed by atoms with Crippen molar-refractivity contribution in [3.63, 3.8) is 0 Å². The molecular weight excluding hydrogens is 457 g/mol. The van der Waals surface area contributed by atoms with Gasteiger partial charge in [-0.05, 0) is 60.0 Å². The number of esters is 1. The van der Waals surface area contributed by atoms with Crippen molar-refractivity contribution in [2.75, 3.05) is 6.61 Å². The lowest BCUT2D eigenvalue weighted by molar-refractivity contribution is 0.0729. The van der Waals surface area contributed by atoms with Crippen molar-refractivity contribution in [2.45, 2.75) is 13.5 Å². The highest BCUT2D eigenvalue weighted by Crippen LogP contribution is 2.33. The Labute approximate surface area is 200 Å². The molecule has 4 rings (SSSR count). The zero-order valence-electron chi connectivity index (χ0n) is 18.7. The summed E-state index contributed by atoms with van der Waals surface area (Å²) in [6.45, 7) is 2.54. The van der Waals surface area contributed by atoms with Crippen LogP contribution in [0.1, 0.15) is 22.8 Å². The summed E-state index contributed by atoms with van der Waals surface area (Å²) in [6, 6.07) is 18.6. The average Bonchev–Trinajstić information content (AvgIpc) is 2.85. The van der Waals surface area contributed by atoms with Crippen LogP contribution in [0.5, 0.6) is 11.5 Å². The number of phenols is 1. The molecule has 0 bridgehead atoms. The van der Waals surface area contributed by atoms with Crippen LogP contribution in [0.4, 0.5) is 13.2 Å².